The van der Waals surface area contributed by atoms with E-state index in [1.54, 1.807) is 34.6 Å². The van der Waals surface area contributed by atoms with Gasteiger partial charge in [-0.3, -0.25) is 9.88 Å². The van der Waals surface area contributed by atoms with Gasteiger partial charge in [0, 0.05) is 36.8 Å². The van der Waals surface area contributed by atoms with Crippen molar-refractivity contribution in [1.82, 2.24) is 9.88 Å². The van der Waals surface area contributed by atoms with Crippen molar-refractivity contribution in [2.24, 2.45) is 5.16 Å². The zero-order valence-corrected chi connectivity index (χ0v) is 23.0. The van der Waals surface area contributed by atoms with Crippen LogP contribution in [-0.2, 0) is 9.57 Å². The van der Waals surface area contributed by atoms with Crippen molar-refractivity contribution in [1.29, 1.82) is 0 Å². The molecule has 1 aliphatic heterocycles. The zero-order chi connectivity index (χ0) is 24.6. The SMILES string of the molecule is COc1ccc(/C(=N\OCCN2CCOCC2)c2nccc3cc(OC)c(OC)cc23)cc1OC.Cl.Cl. The van der Waals surface area contributed by atoms with Crippen LogP contribution in [0.25, 0.3) is 10.8 Å². The number of pyridine rings is 1. The van der Waals surface area contributed by atoms with Gasteiger partial charge in [0.2, 0.25) is 0 Å². The predicted molar refractivity (Wildman–Crippen MR) is 148 cm³/mol. The number of nitrogens with zero attached hydrogens (tertiary/aromatic N) is 3. The average Bonchev–Trinajstić information content (AvgIpc) is 2.92. The largest absolute Gasteiger partial charge is 0.493 e. The molecule has 0 unspecified atom stereocenters. The van der Waals surface area contributed by atoms with Crippen molar-refractivity contribution in [3.05, 3.63) is 53.9 Å². The third kappa shape index (κ3) is 7.07. The summed E-state index contributed by atoms with van der Waals surface area (Å²) in [5, 5.41) is 6.35. The van der Waals surface area contributed by atoms with Gasteiger partial charge >= 0.3 is 0 Å². The van der Waals surface area contributed by atoms with Crippen molar-refractivity contribution in [3.63, 3.8) is 0 Å². The molecule has 0 atom stereocenters. The van der Waals surface area contributed by atoms with E-state index in [0.717, 1.165) is 49.2 Å². The Morgan fingerprint density at radius 1 is 0.865 bits per heavy atom. The lowest BCUT2D eigenvalue weighted by Gasteiger charge is -2.25. The minimum absolute atomic E-state index is 0. The second kappa shape index (κ2) is 14.7. The predicted octanol–water partition coefficient (Wildman–Crippen LogP) is 4.21. The van der Waals surface area contributed by atoms with Gasteiger partial charge < -0.3 is 28.5 Å². The minimum atomic E-state index is 0. The molecule has 0 amide bonds. The molecule has 1 aliphatic rings. The topological polar surface area (TPSA) is 83.9 Å². The van der Waals surface area contributed by atoms with Crippen molar-refractivity contribution in [3.8, 4) is 23.0 Å². The van der Waals surface area contributed by atoms with Gasteiger partial charge in [-0.15, -0.1) is 24.8 Å². The van der Waals surface area contributed by atoms with Crippen molar-refractivity contribution >= 4 is 41.3 Å². The summed E-state index contributed by atoms with van der Waals surface area (Å²) in [5.74, 6) is 2.46. The summed E-state index contributed by atoms with van der Waals surface area (Å²) in [5.41, 5.74) is 2.01. The van der Waals surface area contributed by atoms with Crippen LogP contribution in [0, 0.1) is 0 Å². The number of hydrogen-bond donors (Lipinski definition) is 0. The molecule has 202 valence electrons. The molecule has 0 N–H and O–H groups in total. The number of aromatic nitrogens is 1. The lowest BCUT2D eigenvalue weighted by Crippen LogP contribution is -2.38. The summed E-state index contributed by atoms with van der Waals surface area (Å²) in [4.78, 5) is 12.8. The van der Waals surface area contributed by atoms with Gasteiger partial charge in [0.1, 0.15) is 18.0 Å². The maximum absolute atomic E-state index is 5.83. The third-order valence-corrected chi connectivity index (χ3v) is 5.91. The average molecular weight is 554 g/mol. The van der Waals surface area contributed by atoms with Crippen LogP contribution in [0.5, 0.6) is 23.0 Å². The summed E-state index contributed by atoms with van der Waals surface area (Å²) < 4.78 is 27.4. The molecule has 0 aliphatic carbocycles. The number of hydrogen-bond acceptors (Lipinski definition) is 9. The van der Waals surface area contributed by atoms with Gasteiger partial charge in [-0.25, -0.2) is 0 Å². The molecule has 2 aromatic carbocycles. The fraction of sp³-hybridized carbons (Fsp3) is 0.385. The van der Waals surface area contributed by atoms with Crippen LogP contribution in [0.1, 0.15) is 11.3 Å². The van der Waals surface area contributed by atoms with Gasteiger partial charge in [-0.1, -0.05) is 5.16 Å². The van der Waals surface area contributed by atoms with Crippen LogP contribution in [0.3, 0.4) is 0 Å². The first-order valence-electron chi connectivity index (χ1n) is 11.4. The van der Waals surface area contributed by atoms with E-state index in [2.05, 4.69) is 15.0 Å². The highest BCUT2D eigenvalue weighted by Gasteiger charge is 2.18. The zero-order valence-electron chi connectivity index (χ0n) is 21.4. The summed E-state index contributed by atoms with van der Waals surface area (Å²) in [7, 11) is 6.43. The first-order valence-corrected chi connectivity index (χ1v) is 11.4. The van der Waals surface area contributed by atoms with E-state index in [4.69, 9.17) is 28.5 Å². The molecule has 0 radical (unpaired) electrons. The lowest BCUT2D eigenvalue weighted by molar-refractivity contribution is 0.0212. The Balaban J connectivity index is 0.00000241. The summed E-state index contributed by atoms with van der Waals surface area (Å²) >= 11 is 0. The molecular weight excluding hydrogens is 521 g/mol. The number of ether oxygens (including phenoxy) is 5. The molecule has 2 heterocycles. The highest BCUT2D eigenvalue weighted by Crippen LogP contribution is 2.35. The molecule has 1 fully saturated rings. The number of fused-ring (bicyclic) bond motifs is 1. The number of rotatable bonds is 10. The minimum Gasteiger partial charge on any atom is -0.493 e. The standard InChI is InChI=1S/C26H31N3O6.2ClH/c1-30-21-6-5-19(16-22(21)31-2)25(28-35-14-11-29-9-12-34-13-10-29)26-20-17-24(33-4)23(32-3)15-18(20)7-8-27-26;;/h5-8,15-17H,9-14H2,1-4H3;2*1H/b28-25+;;. The maximum Gasteiger partial charge on any atom is 0.161 e. The van der Waals surface area contributed by atoms with Gasteiger partial charge in [-0.05, 0) is 41.8 Å². The molecule has 11 heteroatoms. The van der Waals surface area contributed by atoms with E-state index >= 15 is 0 Å². The second-order valence-electron chi connectivity index (χ2n) is 7.88. The van der Waals surface area contributed by atoms with Gasteiger partial charge in [0.05, 0.1) is 41.7 Å². The number of benzene rings is 2. The van der Waals surface area contributed by atoms with Crippen LogP contribution in [0.4, 0.5) is 0 Å². The molecule has 3 aromatic rings. The van der Waals surface area contributed by atoms with Crippen LogP contribution < -0.4 is 18.9 Å². The van der Waals surface area contributed by atoms with Crippen LogP contribution in [-0.4, -0.2) is 83.5 Å². The van der Waals surface area contributed by atoms with E-state index in [9.17, 15) is 0 Å². The molecule has 37 heavy (non-hydrogen) atoms. The Kier molecular flexibility index (Phi) is 12.0. The first kappa shape index (κ1) is 30.2. The fourth-order valence-electron chi connectivity index (χ4n) is 4.01. The maximum atomic E-state index is 5.83. The quantitative estimate of drug-likeness (QED) is 0.209. The monoisotopic (exact) mass is 553 g/mol. The molecule has 1 aromatic heterocycles. The smallest absolute Gasteiger partial charge is 0.161 e. The van der Waals surface area contributed by atoms with Gasteiger partial charge in [-0.2, -0.15) is 0 Å². The summed E-state index contributed by atoms with van der Waals surface area (Å²) in [6.45, 7) is 4.47. The Morgan fingerprint density at radius 2 is 1.51 bits per heavy atom. The van der Waals surface area contributed by atoms with Gasteiger partial charge in [0.25, 0.3) is 0 Å². The lowest BCUT2D eigenvalue weighted by atomic mass is 10.0. The highest BCUT2D eigenvalue weighted by atomic mass is 35.5. The highest BCUT2D eigenvalue weighted by molar-refractivity contribution is 6.18. The molecule has 9 nitrogen and oxygen atoms in total. The van der Waals surface area contributed by atoms with E-state index in [1.165, 1.54) is 0 Å². The van der Waals surface area contributed by atoms with Crippen LogP contribution >= 0.6 is 24.8 Å². The van der Waals surface area contributed by atoms with Crippen LogP contribution in [0.15, 0.2) is 47.8 Å². The van der Waals surface area contributed by atoms with E-state index in [-0.39, 0.29) is 24.8 Å². The number of halogens is 2. The number of oxime groups is 1. The van der Waals surface area contributed by atoms with Crippen molar-refractivity contribution in [2.45, 2.75) is 0 Å². The molecule has 0 spiro atoms. The van der Waals surface area contributed by atoms with E-state index in [0.29, 0.717) is 41.0 Å². The Labute approximate surface area is 229 Å². The van der Waals surface area contributed by atoms with Gasteiger partial charge in [0.15, 0.2) is 23.0 Å². The molecule has 4 rings (SSSR count). The molecule has 0 saturated carbocycles. The molecule has 1 saturated heterocycles. The second-order valence-corrected chi connectivity index (χ2v) is 7.88. The van der Waals surface area contributed by atoms with E-state index in [1.807, 2.05) is 36.4 Å². The number of morpholine rings is 1. The molecular formula is C26H33Cl2N3O6. The third-order valence-electron chi connectivity index (χ3n) is 5.91. The number of methoxy groups -OCH3 is 4. The Morgan fingerprint density at radius 3 is 2.19 bits per heavy atom. The molecule has 0 bridgehead atoms. The van der Waals surface area contributed by atoms with Crippen LogP contribution in [0.2, 0.25) is 0 Å². The Hall–Kier alpha value is -2.98. The van der Waals surface area contributed by atoms with Crippen molar-refractivity contribution < 1.29 is 28.5 Å². The summed E-state index contributed by atoms with van der Waals surface area (Å²) in [6, 6.07) is 11.4. The van der Waals surface area contributed by atoms with E-state index < -0.39 is 0 Å². The van der Waals surface area contributed by atoms with Crippen molar-refractivity contribution in [2.75, 3.05) is 67.9 Å². The fourth-order valence-corrected chi connectivity index (χ4v) is 4.01. The normalized spacial score (nSPS) is 13.8. The first-order chi connectivity index (χ1) is 17.2. The summed E-state index contributed by atoms with van der Waals surface area (Å²) in [6.07, 6.45) is 1.74. The Bertz CT molecular complexity index is 1190.